The third-order valence-corrected chi connectivity index (χ3v) is 4.96. The van der Waals surface area contributed by atoms with Crippen LogP contribution in [0.2, 0.25) is 0 Å². The smallest absolute Gasteiger partial charge is 0.138 e. The van der Waals surface area contributed by atoms with E-state index in [0.717, 1.165) is 50.6 Å². The van der Waals surface area contributed by atoms with Gasteiger partial charge in [-0.3, -0.25) is 9.97 Å². The Morgan fingerprint density at radius 1 is 0.885 bits per heavy atom. The number of aromatic nitrogens is 4. The highest BCUT2D eigenvalue weighted by Gasteiger charge is 2.16. The van der Waals surface area contributed by atoms with Gasteiger partial charge in [-0.2, -0.15) is 0 Å². The van der Waals surface area contributed by atoms with E-state index in [9.17, 15) is 0 Å². The molecule has 4 nitrogen and oxygen atoms in total. The van der Waals surface area contributed by atoms with Crippen molar-refractivity contribution in [1.82, 2.24) is 19.9 Å². The number of hydrogen-bond donors (Lipinski definition) is 1. The van der Waals surface area contributed by atoms with Gasteiger partial charge >= 0.3 is 0 Å². The molecular weight excluding hydrogens is 320 g/mol. The van der Waals surface area contributed by atoms with Crippen molar-refractivity contribution in [1.29, 1.82) is 0 Å². The minimum atomic E-state index is 0.897. The van der Waals surface area contributed by atoms with E-state index in [1.165, 1.54) is 11.1 Å². The summed E-state index contributed by atoms with van der Waals surface area (Å²) >= 11 is 0. The number of imidazole rings is 1. The number of aryl methyl sites for hydroxylation is 2. The molecule has 0 spiro atoms. The average Bonchev–Trinajstić information content (AvgIpc) is 3.13. The highest BCUT2D eigenvalue weighted by molar-refractivity contribution is 6.21. The second-order valence-electron chi connectivity index (χ2n) is 6.62. The lowest BCUT2D eigenvalue weighted by Gasteiger charge is -2.06. The van der Waals surface area contributed by atoms with Gasteiger partial charge in [-0.15, -0.1) is 0 Å². The van der Waals surface area contributed by atoms with Crippen LogP contribution < -0.4 is 0 Å². The lowest BCUT2D eigenvalue weighted by Crippen LogP contribution is -1.90. The Labute approximate surface area is 150 Å². The fourth-order valence-corrected chi connectivity index (χ4v) is 3.72. The standard InChI is InChI=1S/C22H18N4/c1-3-14-12-13(2)8-9-15(14)22-25-20-16-6-4-10-23-18(16)19-17(21(20)26-22)7-5-11-24-19/h4-12H,3H2,1-2H3,(H,25,26). The predicted molar refractivity (Wildman–Crippen MR) is 106 cm³/mol. The van der Waals surface area contributed by atoms with Gasteiger partial charge in [-0.25, -0.2) is 4.98 Å². The van der Waals surface area contributed by atoms with Crippen molar-refractivity contribution in [2.24, 2.45) is 0 Å². The maximum Gasteiger partial charge on any atom is 0.138 e. The van der Waals surface area contributed by atoms with Crippen molar-refractivity contribution in [3.05, 3.63) is 66.0 Å². The highest BCUT2D eigenvalue weighted by atomic mass is 14.9. The van der Waals surface area contributed by atoms with Crippen molar-refractivity contribution >= 4 is 32.8 Å². The van der Waals surface area contributed by atoms with Crippen LogP contribution in [0, 0.1) is 6.92 Å². The molecule has 0 bridgehead atoms. The van der Waals surface area contributed by atoms with Crippen molar-refractivity contribution in [2.75, 3.05) is 0 Å². The molecule has 3 heterocycles. The summed E-state index contributed by atoms with van der Waals surface area (Å²) < 4.78 is 0. The molecule has 26 heavy (non-hydrogen) atoms. The molecule has 5 aromatic rings. The number of hydrogen-bond acceptors (Lipinski definition) is 3. The van der Waals surface area contributed by atoms with Gasteiger partial charge in [0.15, 0.2) is 0 Å². The van der Waals surface area contributed by atoms with E-state index in [4.69, 9.17) is 4.98 Å². The van der Waals surface area contributed by atoms with E-state index in [1.807, 2.05) is 24.5 Å². The lowest BCUT2D eigenvalue weighted by atomic mass is 10.0. The second kappa shape index (κ2) is 5.63. The number of aromatic amines is 1. The van der Waals surface area contributed by atoms with Crippen LogP contribution in [0.25, 0.3) is 44.2 Å². The summed E-state index contributed by atoms with van der Waals surface area (Å²) in [6.45, 7) is 4.31. The van der Waals surface area contributed by atoms with Crippen molar-refractivity contribution < 1.29 is 0 Å². The maximum atomic E-state index is 4.98. The number of fused-ring (bicyclic) bond motifs is 6. The monoisotopic (exact) mass is 338 g/mol. The van der Waals surface area contributed by atoms with E-state index in [-0.39, 0.29) is 0 Å². The van der Waals surface area contributed by atoms with Gasteiger partial charge in [-0.1, -0.05) is 30.7 Å². The molecule has 0 radical (unpaired) electrons. The Morgan fingerprint density at radius 3 is 2.38 bits per heavy atom. The normalized spacial score (nSPS) is 11.6. The quantitative estimate of drug-likeness (QED) is 0.450. The summed E-state index contributed by atoms with van der Waals surface area (Å²) in [6.07, 6.45) is 4.60. The molecule has 0 unspecified atom stereocenters. The number of pyridine rings is 2. The minimum Gasteiger partial charge on any atom is -0.337 e. The van der Waals surface area contributed by atoms with Gasteiger partial charge in [0.1, 0.15) is 5.82 Å². The first kappa shape index (κ1) is 15.0. The van der Waals surface area contributed by atoms with Crippen LogP contribution in [0.15, 0.2) is 54.9 Å². The molecule has 1 N–H and O–H groups in total. The molecule has 126 valence electrons. The van der Waals surface area contributed by atoms with Gasteiger partial charge in [0.25, 0.3) is 0 Å². The molecule has 5 rings (SSSR count). The minimum absolute atomic E-state index is 0.897. The third-order valence-electron chi connectivity index (χ3n) is 4.96. The van der Waals surface area contributed by atoms with Gasteiger partial charge in [0.05, 0.1) is 22.1 Å². The SMILES string of the molecule is CCc1cc(C)ccc1-c1nc2c3cccnc3c3ncccc3c2[nH]1. The van der Waals surface area contributed by atoms with Gasteiger partial charge < -0.3 is 4.98 Å². The molecular formula is C22H18N4. The summed E-state index contributed by atoms with van der Waals surface area (Å²) in [7, 11) is 0. The van der Waals surface area contributed by atoms with Gasteiger partial charge in [0, 0.05) is 28.7 Å². The zero-order valence-electron chi connectivity index (χ0n) is 14.7. The zero-order valence-corrected chi connectivity index (χ0v) is 14.7. The van der Waals surface area contributed by atoms with E-state index >= 15 is 0 Å². The van der Waals surface area contributed by atoms with E-state index in [1.54, 1.807) is 0 Å². The number of nitrogens with one attached hydrogen (secondary N) is 1. The molecule has 2 aromatic carbocycles. The van der Waals surface area contributed by atoms with Crippen LogP contribution >= 0.6 is 0 Å². The molecule has 0 aliphatic carbocycles. The molecule has 0 aliphatic heterocycles. The molecule has 0 atom stereocenters. The van der Waals surface area contributed by atoms with Crippen LogP contribution in [-0.4, -0.2) is 19.9 Å². The van der Waals surface area contributed by atoms with Gasteiger partial charge in [-0.05, 0) is 43.2 Å². The topological polar surface area (TPSA) is 54.5 Å². The van der Waals surface area contributed by atoms with Crippen LogP contribution in [0.3, 0.4) is 0 Å². The summed E-state index contributed by atoms with van der Waals surface area (Å²) in [5.74, 6) is 0.901. The van der Waals surface area contributed by atoms with Crippen molar-refractivity contribution in [3.8, 4) is 11.4 Å². The van der Waals surface area contributed by atoms with E-state index in [2.05, 4.69) is 59.1 Å². The average molecular weight is 338 g/mol. The first-order valence-corrected chi connectivity index (χ1v) is 8.87. The Kier molecular flexibility index (Phi) is 3.25. The van der Waals surface area contributed by atoms with Crippen LogP contribution in [0.4, 0.5) is 0 Å². The van der Waals surface area contributed by atoms with Crippen LogP contribution in [-0.2, 0) is 6.42 Å². The van der Waals surface area contributed by atoms with Crippen molar-refractivity contribution in [3.63, 3.8) is 0 Å². The molecule has 3 aromatic heterocycles. The maximum absolute atomic E-state index is 4.98. The summed E-state index contributed by atoms with van der Waals surface area (Å²) in [5, 5.41) is 2.08. The van der Waals surface area contributed by atoms with E-state index < -0.39 is 0 Å². The number of nitrogens with zero attached hydrogens (tertiary/aromatic N) is 3. The molecule has 0 saturated heterocycles. The number of H-pyrrole nitrogens is 1. The molecule has 0 amide bonds. The second-order valence-corrected chi connectivity index (χ2v) is 6.62. The Hall–Kier alpha value is -3.27. The van der Waals surface area contributed by atoms with Gasteiger partial charge in [0.2, 0.25) is 0 Å². The van der Waals surface area contributed by atoms with Crippen molar-refractivity contribution in [2.45, 2.75) is 20.3 Å². The summed E-state index contributed by atoms with van der Waals surface area (Å²) in [5.41, 5.74) is 7.50. The fourth-order valence-electron chi connectivity index (χ4n) is 3.72. The Bertz CT molecular complexity index is 1210. The number of rotatable bonds is 2. The molecule has 0 saturated carbocycles. The zero-order chi connectivity index (χ0) is 17.7. The first-order valence-electron chi connectivity index (χ1n) is 8.87. The lowest BCUT2D eigenvalue weighted by molar-refractivity contribution is 1.12. The Morgan fingerprint density at radius 2 is 1.62 bits per heavy atom. The third kappa shape index (κ3) is 2.12. The van der Waals surface area contributed by atoms with Crippen LogP contribution in [0.5, 0.6) is 0 Å². The summed E-state index contributed by atoms with van der Waals surface area (Å²) in [4.78, 5) is 17.7. The fraction of sp³-hybridized carbons (Fsp3) is 0.136. The van der Waals surface area contributed by atoms with Crippen LogP contribution in [0.1, 0.15) is 18.1 Å². The summed E-state index contributed by atoms with van der Waals surface area (Å²) in [6, 6.07) is 14.6. The largest absolute Gasteiger partial charge is 0.337 e. The Balaban J connectivity index is 1.92. The molecule has 4 heteroatoms. The highest BCUT2D eigenvalue weighted by Crippen LogP contribution is 2.34. The predicted octanol–water partition coefficient (Wildman–Crippen LogP) is 5.20. The molecule has 0 fully saturated rings. The number of benzene rings is 2. The molecule has 0 aliphatic rings. The van der Waals surface area contributed by atoms with E-state index in [0.29, 0.717) is 0 Å². The first-order chi connectivity index (χ1) is 12.8.